The number of nitrogens with one attached hydrogen (secondary N) is 1. The molecule has 4 nitrogen and oxygen atoms in total. The van der Waals surface area contributed by atoms with Crippen molar-refractivity contribution in [3.63, 3.8) is 0 Å². The summed E-state index contributed by atoms with van der Waals surface area (Å²) in [6.45, 7) is 2.11. The van der Waals surface area contributed by atoms with E-state index in [-0.39, 0.29) is 22.7 Å². The second-order valence-corrected chi connectivity index (χ2v) is 8.48. The first-order valence-electron chi connectivity index (χ1n) is 7.85. The fourth-order valence-corrected chi connectivity index (χ4v) is 5.24. The van der Waals surface area contributed by atoms with Crippen LogP contribution in [0.25, 0.3) is 0 Å². The van der Waals surface area contributed by atoms with Crippen molar-refractivity contribution in [1.82, 2.24) is 10.2 Å². The van der Waals surface area contributed by atoms with Gasteiger partial charge in [-0.3, -0.25) is 9.59 Å². The van der Waals surface area contributed by atoms with Crippen LogP contribution < -0.4 is 5.32 Å². The summed E-state index contributed by atoms with van der Waals surface area (Å²) >= 11 is 1.77. The van der Waals surface area contributed by atoms with Crippen molar-refractivity contribution in [2.75, 3.05) is 5.75 Å². The third-order valence-corrected chi connectivity index (χ3v) is 6.82. The van der Waals surface area contributed by atoms with Gasteiger partial charge in [-0.05, 0) is 50.9 Å². The van der Waals surface area contributed by atoms with Gasteiger partial charge in [0.05, 0.1) is 4.87 Å². The highest BCUT2D eigenvalue weighted by atomic mass is 32.2. The van der Waals surface area contributed by atoms with E-state index >= 15 is 0 Å². The van der Waals surface area contributed by atoms with E-state index in [0.717, 1.165) is 12.2 Å². The molecule has 2 atom stereocenters. The average Bonchev–Trinajstić information content (AvgIpc) is 3.31. The quantitative estimate of drug-likeness (QED) is 0.859. The SMILES string of the molecule is C[C@]12CCC(=O)N1[C@@H](C(=O)NC(C1CC1)C1CC1)CS2. The van der Waals surface area contributed by atoms with Gasteiger partial charge in [-0.1, -0.05) is 0 Å². The first kappa shape index (κ1) is 13.0. The Hall–Kier alpha value is -0.710. The van der Waals surface area contributed by atoms with Crippen molar-refractivity contribution < 1.29 is 9.59 Å². The van der Waals surface area contributed by atoms with Gasteiger partial charge in [-0.2, -0.15) is 0 Å². The van der Waals surface area contributed by atoms with Crippen LogP contribution >= 0.6 is 11.8 Å². The summed E-state index contributed by atoms with van der Waals surface area (Å²) in [4.78, 5) is 26.5. The molecule has 0 aromatic rings. The minimum Gasteiger partial charge on any atom is -0.351 e. The summed E-state index contributed by atoms with van der Waals surface area (Å²) < 4.78 is 0. The number of nitrogens with zero attached hydrogens (tertiary/aromatic N) is 1. The summed E-state index contributed by atoms with van der Waals surface area (Å²) in [6, 6.07) is 0.150. The topological polar surface area (TPSA) is 49.4 Å². The molecule has 2 heterocycles. The van der Waals surface area contributed by atoms with Crippen LogP contribution in [0.15, 0.2) is 0 Å². The summed E-state index contributed by atoms with van der Waals surface area (Å²) in [5.41, 5.74) is 0. The molecule has 4 aliphatic rings. The molecule has 20 heavy (non-hydrogen) atoms. The van der Waals surface area contributed by atoms with E-state index < -0.39 is 0 Å². The Morgan fingerprint density at radius 1 is 1.35 bits per heavy atom. The van der Waals surface area contributed by atoms with Crippen LogP contribution in [0.1, 0.15) is 45.4 Å². The zero-order valence-corrected chi connectivity index (χ0v) is 12.7. The highest BCUT2D eigenvalue weighted by Crippen LogP contribution is 2.48. The van der Waals surface area contributed by atoms with Gasteiger partial charge in [0.25, 0.3) is 0 Å². The van der Waals surface area contributed by atoms with E-state index in [1.807, 2.05) is 4.90 Å². The van der Waals surface area contributed by atoms with Crippen molar-refractivity contribution in [3.8, 4) is 0 Å². The molecule has 4 fully saturated rings. The Balaban J connectivity index is 1.47. The fraction of sp³-hybridized carbons (Fsp3) is 0.867. The van der Waals surface area contributed by atoms with Gasteiger partial charge >= 0.3 is 0 Å². The molecule has 2 amide bonds. The van der Waals surface area contributed by atoms with Gasteiger partial charge in [-0.15, -0.1) is 11.8 Å². The monoisotopic (exact) mass is 294 g/mol. The summed E-state index contributed by atoms with van der Waals surface area (Å²) in [5.74, 6) is 2.44. The Labute approximate surface area is 124 Å². The number of carbonyl (C=O) groups is 2. The lowest BCUT2D eigenvalue weighted by atomic mass is 10.1. The van der Waals surface area contributed by atoms with Crippen LogP contribution in [0.5, 0.6) is 0 Å². The van der Waals surface area contributed by atoms with Gasteiger partial charge < -0.3 is 10.2 Å². The lowest BCUT2D eigenvalue weighted by molar-refractivity contribution is -0.138. The Bertz CT molecular complexity index is 449. The number of hydrogen-bond acceptors (Lipinski definition) is 3. The number of thioether (sulfide) groups is 1. The first-order valence-corrected chi connectivity index (χ1v) is 8.83. The molecule has 0 spiro atoms. The number of carbonyl (C=O) groups excluding carboxylic acids is 2. The Morgan fingerprint density at radius 2 is 2.00 bits per heavy atom. The van der Waals surface area contributed by atoms with E-state index in [0.29, 0.717) is 24.3 Å². The molecule has 2 aliphatic carbocycles. The van der Waals surface area contributed by atoms with Crippen LogP contribution in [0.2, 0.25) is 0 Å². The molecule has 1 N–H and O–H groups in total. The molecular formula is C15H22N2O2S. The molecular weight excluding hydrogens is 272 g/mol. The van der Waals surface area contributed by atoms with Crippen LogP contribution in [0, 0.1) is 11.8 Å². The molecule has 2 saturated heterocycles. The standard InChI is InChI=1S/C15H22N2O2S/c1-15-7-6-12(18)17(15)11(8-20-15)14(19)16-13(9-2-3-9)10-4-5-10/h9-11,13H,2-8H2,1H3,(H,16,19)/t11-,15+/m1/s1. The smallest absolute Gasteiger partial charge is 0.243 e. The third-order valence-electron chi connectivity index (χ3n) is 5.32. The molecule has 110 valence electrons. The number of amides is 2. The van der Waals surface area contributed by atoms with Crippen molar-refractivity contribution in [3.05, 3.63) is 0 Å². The second kappa shape index (κ2) is 4.39. The van der Waals surface area contributed by atoms with Gasteiger partial charge in [0.1, 0.15) is 6.04 Å². The average molecular weight is 294 g/mol. The van der Waals surface area contributed by atoms with Crippen molar-refractivity contribution in [1.29, 1.82) is 0 Å². The molecule has 0 radical (unpaired) electrons. The Kier molecular flexibility index (Phi) is 2.85. The zero-order chi connectivity index (χ0) is 13.9. The molecule has 5 heteroatoms. The minimum absolute atomic E-state index is 0.0975. The molecule has 0 bridgehead atoms. The number of fused-ring (bicyclic) bond motifs is 1. The predicted octanol–water partition coefficient (Wildman–Crippen LogP) is 1.75. The van der Waals surface area contributed by atoms with Gasteiger partial charge in [0.2, 0.25) is 11.8 Å². The van der Waals surface area contributed by atoms with E-state index in [1.54, 1.807) is 11.8 Å². The predicted molar refractivity (Wildman–Crippen MR) is 78.1 cm³/mol. The summed E-state index contributed by atoms with van der Waals surface area (Å²) in [5, 5.41) is 3.29. The molecule has 0 unspecified atom stereocenters. The van der Waals surface area contributed by atoms with E-state index in [9.17, 15) is 9.59 Å². The third kappa shape index (κ3) is 2.05. The highest BCUT2D eigenvalue weighted by molar-refractivity contribution is 8.01. The lowest BCUT2D eigenvalue weighted by Crippen LogP contribution is -2.52. The largest absolute Gasteiger partial charge is 0.351 e. The second-order valence-electron chi connectivity index (χ2n) is 6.97. The van der Waals surface area contributed by atoms with Gasteiger partial charge in [-0.25, -0.2) is 0 Å². The van der Waals surface area contributed by atoms with Crippen LogP contribution in [0.4, 0.5) is 0 Å². The minimum atomic E-state index is -0.236. The maximum absolute atomic E-state index is 12.6. The maximum atomic E-state index is 12.6. The molecule has 2 saturated carbocycles. The first-order chi connectivity index (χ1) is 9.58. The van der Waals surface area contributed by atoms with E-state index in [2.05, 4.69) is 12.2 Å². The van der Waals surface area contributed by atoms with Crippen LogP contribution in [-0.2, 0) is 9.59 Å². The van der Waals surface area contributed by atoms with Crippen molar-refractivity contribution in [2.24, 2.45) is 11.8 Å². The molecule has 4 rings (SSSR count). The molecule has 0 aromatic carbocycles. The van der Waals surface area contributed by atoms with Crippen LogP contribution in [-0.4, -0.2) is 39.4 Å². The highest BCUT2D eigenvalue weighted by Gasteiger charge is 2.53. The fourth-order valence-electron chi connectivity index (χ4n) is 3.81. The van der Waals surface area contributed by atoms with Crippen molar-refractivity contribution >= 4 is 23.6 Å². The van der Waals surface area contributed by atoms with Crippen LogP contribution in [0.3, 0.4) is 0 Å². The molecule has 0 aromatic heterocycles. The Morgan fingerprint density at radius 3 is 2.60 bits per heavy atom. The maximum Gasteiger partial charge on any atom is 0.243 e. The normalized spacial score (nSPS) is 36.6. The van der Waals surface area contributed by atoms with E-state index in [1.165, 1.54) is 25.7 Å². The molecule has 2 aliphatic heterocycles. The summed E-state index contributed by atoms with van der Waals surface area (Å²) in [7, 11) is 0. The van der Waals surface area contributed by atoms with Crippen molar-refractivity contribution in [2.45, 2.75) is 62.4 Å². The zero-order valence-electron chi connectivity index (χ0n) is 11.9. The number of hydrogen-bond donors (Lipinski definition) is 1. The number of rotatable bonds is 4. The van der Waals surface area contributed by atoms with Gasteiger partial charge in [0.15, 0.2) is 0 Å². The van der Waals surface area contributed by atoms with E-state index in [4.69, 9.17) is 0 Å². The summed E-state index contributed by atoms with van der Waals surface area (Å²) in [6.07, 6.45) is 6.54. The lowest BCUT2D eigenvalue weighted by Gasteiger charge is -2.31. The van der Waals surface area contributed by atoms with Gasteiger partial charge in [0, 0.05) is 18.2 Å².